The van der Waals surface area contributed by atoms with Gasteiger partial charge in [0, 0.05) is 45.3 Å². The van der Waals surface area contributed by atoms with E-state index in [1.165, 1.54) is 11.2 Å². The Labute approximate surface area is 176 Å². The maximum atomic E-state index is 11.3. The van der Waals surface area contributed by atoms with Crippen molar-refractivity contribution >= 4 is 17.6 Å². The van der Waals surface area contributed by atoms with E-state index in [2.05, 4.69) is 32.1 Å². The summed E-state index contributed by atoms with van der Waals surface area (Å²) in [6.45, 7) is 6.93. The predicted octanol–water partition coefficient (Wildman–Crippen LogP) is 2.36. The van der Waals surface area contributed by atoms with Crippen LogP contribution in [0.1, 0.15) is 12.0 Å². The van der Waals surface area contributed by atoms with Crippen LogP contribution in [0, 0.1) is 0 Å². The van der Waals surface area contributed by atoms with Crippen LogP contribution < -0.4 is 15.0 Å². The maximum absolute atomic E-state index is 11.3. The van der Waals surface area contributed by atoms with E-state index in [1.54, 1.807) is 18.2 Å². The van der Waals surface area contributed by atoms with E-state index < -0.39 is 6.09 Å². The lowest BCUT2D eigenvalue weighted by Gasteiger charge is -2.32. The van der Waals surface area contributed by atoms with Crippen molar-refractivity contribution in [2.45, 2.75) is 12.8 Å². The number of ether oxygens (including phenoxy) is 1. The lowest BCUT2D eigenvalue weighted by atomic mass is 10.1. The normalized spacial score (nSPS) is 17.0. The van der Waals surface area contributed by atoms with Crippen molar-refractivity contribution < 1.29 is 14.6 Å². The first kappa shape index (κ1) is 20.4. The molecule has 0 unspecified atom stereocenters. The van der Waals surface area contributed by atoms with Crippen molar-refractivity contribution in [3.8, 4) is 11.6 Å². The fraction of sp³-hybridized carbons (Fsp3) is 0.476. The van der Waals surface area contributed by atoms with Crippen LogP contribution in [0.15, 0.2) is 30.6 Å². The number of fused-ring (bicyclic) bond motifs is 1. The minimum absolute atomic E-state index is 0.458. The lowest BCUT2D eigenvalue weighted by molar-refractivity contribution is 0.154. The van der Waals surface area contributed by atoms with E-state index in [1.807, 2.05) is 6.07 Å². The molecule has 2 aliphatic rings. The first-order chi connectivity index (χ1) is 14.6. The number of nitrogens with one attached hydrogen (secondary N) is 1. The quantitative estimate of drug-likeness (QED) is 0.670. The molecule has 1 saturated heterocycles. The molecule has 0 atom stereocenters. The summed E-state index contributed by atoms with van der Waals surface area (Å²) >= 11 is 0. The van der Waals surface area contributed by atoms with Gasteiger partial charge >= 0.3 is 6.09 Å². The molecule has 160 valence electrons. The van der Waals surface area contributed by atoms with Gasteiger partial charge in [-0.25, -0.2) is 14.8 Å². The molecular weight excluding hydrogens is 384 g/mol. The third kappa shape index (κ3) is 4.98. The Bertz CT molecular complexity index is 885. The summed E-state index contributed by atoms with van der Waals surface area (Å²) in [4.78, 5) is 25.9. The van der Waals surface area contributed by atoms with Crippen molar-refractivity contribution in [1.29, 1.82) is 0 Å². The molecule has 1 aromatic heterocycles. The molecule has 3 heterocycles. The Morgan fingerprint density at radius 1 is 1.17 bits per heavy atom. The fourth-order valence-corrected chi connectivity index (χ4v) is 3.84. The third-order valence-electron chi connectivity index (χ3n) is 5.59. The lowest BCUT2D eigenvalue weighted by Crippen LogP contribution is -2.44. The number of benzene rings is 1. The van der Waals surface area contributed by atoms with Crippen LogP contribution in [0.25, 0.3) is 0 Å². The van der Waals surface area contributed by atoms with Gasteiger partial charge in [-0.3, -0.25) is 4.90 Å². The summed E-state index contributed by atoms with van der Waals surface area (Å²) < 4.78 is 5.88. The van der Waals surface area contributed by atoms with Crippen LogP contribution in [0.5, 0.6) is 11.6 Å². The van der Waals surface area contributed by atoms with Gasteiger partial charge in [0.15, 0.2) is 0 Å². The molecule has 1 fully saturated rings. The Kier molecular flexibility index (Phi) is 6.29. The van der Waals surface area contributed by atoms with E-state index in [9.17, 15) is 9.90 Å². The topological polar surface area (TPSA) is 94.1 Å². The second-order valence-electron chi connectivity index (χ2n) is 7.74. The van der Waals surface area contributed by atoms with Crippen LogP contribution >= 0.6 is 0 Å². The molecule has 1 aromatic carbocycles. The molecule has 0 saturated carbocycles. The molecular formula is C21H28N6O3. The summed E-state index contributed by atoms with van der Waals surface area (Å²) in [7, 11) is 2.17. The molecule has 9 nitrogen and oxygen atoms in total. The van der Waals surface area contributed by atoms with E-state index >= 15 is 0 Å². The smallest absolute Gasteiger partial charge is 0.411 e. The van der Waals surface area contributed by atoms with E-state index in [0.29, 0.717) is 24.6 Å². The van der Waals surface area contributed by atoms with Gasteiger partial charge in [-0.05, 0) is 50.2 Å². The molecule has 1 amide bonds. The number of hydrogen-bond acceptors (Lipinski definition) is 7. The molecule has 2 aromatic rings. The molecule has 2 N–H and O–H groups in total. The average molecular weight is 412 g/mol. The predicted molar refractivity (Wildman–Crippen MR) is 115 cm³/mol. The van der Waals surface area contributed by atoms with Gasteiger partial charge in [0.25, 0.3) is 0 Å². The summed E-state index contributed by atoms with van der Waals surface area (Å²) in [5.41, 5.74) is 1.69. The monoisotopic (exact) mass is 412 g/mol. The highest BCUT2D eigenvalue weighted by molar-refractivity contribution is 5.89. The molecule has 4 rings (SSSR count). The van der Waals surface area contributed by atoms with Gasteiger partial charge in [-0.1, -0.05) is 0 Å². The van der Waals surface area contributed by atoms with Gasteiger partial charge in [0.2, 0.25) is 5.88 Å². The van der Waals surface area contributed by atoms with Crippen LogP contribution in [-0.4, -0.2) is 83.8 Å². The van der Waals surface area contributed by atoms with Crippen LogP contribution in [-0.2, 0) is 6.42 Å². The largest absolute Gasteiger partial charge is 0.465 e. The van der Waals surface area contributed by atoms with Crippen molar-refractivity contribution in [1.82, 2.24) is 19.8 Å². The number of likely N-dealkylation sites (N-methyl/N-ethyl adjacent to an activating group) is 1. The van der Waals surface area contributed by atoms with Crippen molar-refractivity contribution in [3.05, 3.63) is 36.2 Å². The SMILES string of the molecule is CN1CCN(CCCNc2cc(Oc3ccc4c(c3)CCN4C(=O)O)ncn2)CC1. The molecule has 0 bridgehead atoms. The maximum Gasteiger partial charge on any atom is 0.411 e. The highest BCUT2D eigenvalue weighted by Crippen LogP contribution is 2.32. The van der Waals surface area contributed by atoms with Crippen LogP contribution in [0.3, 0.4) is 0 Å². The second kappa shape index (κ2) is 9.27. The molecule has 0 spiro atoms. The number of amides is 1. The summed E-state index contributed by atoms with van der Waals surface area (Å²) in [6.07, 6.45) is 2.29. The summed E-state index contributed by atoms with van der Waals surface area (Å²) in [5, 5.41) is 12.6. The number of nitrogens with zero attached hydrogens (tertiary/aromatic N) is 5. The molecule has 0 aliphatic carbocycles. The number of piperazine rings is 1. The van der Waals surface area contributed by atoms with E-state index in [4.69, 9.17) is 4.74 Å². The number of hydrogen-bond donors (Lipinski definition) is 2. The Morgan fingerprint density at radius 2 is 2.00 bits per heavy atom. The molecule has 9 heteroatoms. The number of carbonyl (C=O) groups is 1. The third-order valence-corrected chi connectivity index (χ3v) is 5.59. The van der Waals surface area contributed by atoms with Crippen LogP contribution in [0.4, 0.5) is 16.3 Å². The summed E-state index contributed by atoms with van der Waals surface area (Å²) in [5.74, 6) is 1.83. The second-order valence-corrected chi connectivity index (χ2v) is 7.74. The van der Waals surface area contributed by atoms with Gasteiger partial charge < -0.3 is 25.0 Å². The minimum Gasteiger partial charge on any atom is -0.465 e. The minimum atomic E-state index is -0.929. The molecule has 0 radical (unpaired) electrons. The zero-order valence-corrected chi connectivity index (χ0v) is 17.3. The van der Waals surface area contributed by atoms with Gasteiger partial charge in [0.1, 0.15) is 17.9 Å². The number of rotatable bonds is 7. The van der Waals surface area contributed by atoms with Crippen LogP contribution in [0.2, 0.25) is 0 Å². The average Bonchev–Trinajstić information content (AvgIpc) is 3.16. The molecule has 30 heavy (non-hydrogen) atoms. The Balaban J connectivity index is 1.28. The van der Waals surface area contributed by atoms with Crippen molar-refractivity contribution in [3.63, 3.8) is 0 Å². The fourth-order valence-electron chi connectivity index (χ4n) is 3.84. The zero-order valence-electron chi connectivity index (χ0n) is 17.3. The standard InChI is InChI=1S/C21H28N6O3/c1-25-9-11-26(12-10-25)7-2-6-22-19-14-20(24-15-23-19)30-17-3-4-18-16(13-17)5-8-27(18)21(28)29/h3-4,13-15H,2,5-12H2,1H3,(H,28,29)(H,22,23,24). The number of carboxylic acid groups (broad SMARTS) is 1. The first-order valence-corrected chi connectivity index (χ1v) is 10.4. The van der Waals surface area contributed by atoms with Gasteiger partial charge in [0.05, 0.1) is 5.69 Å². The first-order valence-electron chi connectivity index (χ1n) is 10.4. The highest BCUT2D eigenvalue weighted by Gasteiger charge is 2.24. The zero-order chi connectivity index (χ0) is 20.9. The highest BCUT2D eigenvalue weighted by atomic mass is 16.5. The number of aromatic nitrogens is 2. The van der Waals surface area contributed by atoms with Gasteiger partial charge in [-0.15, -0.1) is 0 Å². The van der Waals surface area contributed by atoms with Crippen molar-refractivity contribution in [2.24, 2.45) is 0 Å². The van der Waals surface area contributed by atoms with E-state index in [-0.39, 0.29) is 0 Å². The number of anilines is 2. The van der Waals surface area contributed by atoms with E-state index in [0.717, 1.165) is 62.8 Å². The Hall–Kier alpha value is -2.91. The molecule has 2 aliphatic heterocycles. The Morgan fingerprint density at radius 3 is 2.80 bits per heavy atom. The van der Waals surface area contributed by atoms with Gasteiger partial charge in [-0.2, -0.15) is 0 Å². The summed E-state index contributed by atoms with van der Waals surface area (Å²) in [6, 6.07) is 7.21. The van der Waals surface area contributed by atoms with Crippen molar-refractivity contribution in [2.75, 3.05) is 63.1 Å².